The number of carbonyl (C=O) groups is 1. The van der Waals surface area contributed by atoms with E-state index in [4.69, 9.17) is 0 Å². The van der Waals surface area contributed by atoms with Crippen LogP contribution >= 0.6 is 0 Å². The van der Waals surface area contributed by atoms with Crippen LogP contribution in [0.15, 0.2) is 18.3 Å². The predicted octanol–water partition coefficient (Wildman–Crippen LogP) is 3.56. The molecule has 1 amide bonds. The second kappa shape index (κ2) is 8.01. The van der Waals surface area contributed by atoms with E-state index in [0.29, 0.717) is 5.69 Å². The highest BCUT2D eigenvalue weighted by molar-refractivity contribution is 5.92. The fourth-order valence-electron chi connectivity index (χ4n) is 2.61. The van der Waals surface area contributed by atoms with Crippen molar-refractivity contribution in [2.24, 2.45) is 5.92 Å². The predicted molar refractivity (Wildman–Crippen MR) is 86.6 cm³/mol. The van der Waals surface area contributed by atoms with E-state index in [2.05, 4.69) is 24.1 Å². The van der Waals surface area contributed by atoms with Crippen LogP contribution in [0.4, 0.5) is 5.69 Å². The van der Waals surface area contributed by atoms with Crippen molar-refractivity contribution in [3.8, 4) is 0 Å². The number of likely N-dealkylation sites (tertiary alicyclic amines) is 1. The van der Waals surface area contributed by atoms with Gasteiger partial charge in [-0.3, -0.25) is 4.79 Å². The molecule has 0 radical (unpaired) electrons. The van der Waals surface area contributed by atoms with Gasteiger partial charge in [0.1, 0.15) is 5.69 Å². The Morgan fingerprint density at radius 3 is 2.71 bits per heavy atom. The van der Waals surface area contributed by atoms with Gasteiger partial charge in [0.2, 0.25) is 0 Å². The summed E-state index contributed by atoms with van der Waals surface area (Å²) in [4.78, 5) is 18.6. The molecule has 1 fully saturated rings. The van der Waals surface area contributed by atoms with Crippen LogP contribution in [0.3, 0.4) is 0 Å². The molecule has 1 aliphatic heterocycles. The third-order valence-electron chi connectivity index (χ3n) is 4.16. The van der Waals surface area contributed by atoms with Crippen LogP contribution < -0.4 is 5.32 Å². The number of nitrogens with zero attached hydrogens (tertiary/aromatic N) is 2. The van der Waals surface area contributed by atoms with Gasteiger partial charge in [0.25, 0.3) is 5.91 Å². The number of hydrogen-bond acceptors (Lipinski definition) is 3. The molecule has 0 spiro atoms. The fraction of sp³-hybridized carbons (Fsp3) is 0.647. The van der Waals surface area contributed by atoms with Gasteiger partial charge in [-0.05, 0) is 37.3 Å². The summed E-state index contributed by atoms with van der Waals surface area (Å²) in [5.74, 6) is 0.802. The summed E-state index contributed by atoms with van der Waals surface area (Å²) in [6.45, 7) is 7.13. The molecule has 4 heteroatoms. The topological polar surface area (TPSA) is 45.2 Å². The average molecular weight is 289 g/mol. The number of rotatable bonds is 6. The van der Waals surface area contributed by atoms with Gasteiger partial charge in [0, 0.05) is 19.6 Å². The van der Waals surface area contributed by atoms with Crippen molar-refractivity contribution in [3.63, 3.8) is 0 Å². The molecule has 0 bridgehead atoms. The van der Waals surface area contributed by atoms with Crippen molar-refractivity contribution in [1.82, 2.24) is 9.88 Å². The van der Waals surface area contributed by atoms with E-state index in [-0.39, 0.29) is 5.91 Å². The number of hydrogen-bond donors (Lipinski definition) is 1. The van der Waals surface area contributed by atoms with Crippen LogP contribution in [0.5, 0.6) is 0 Å². The lowest BCUT2D eigenvalue weighted by molar-refractivity contribution is 0.0691. The summed E-state index contributed by atoms with van der Waals surface area (Å²) in [6.07, 6.45) is 7.60. The minimum absolute atomic E-state index is 0.0689. The van der Waals surface area contributed by atoms with Crippen LogP contribution in [0.25, 0.3) is 0 Å². The van der Waals surface area contributed by atoms with Crippen molar-refractivity contribution >= 4 is 11.6 Å². The Balaban J connectivity index is 1.85. The number of amides is 1. The zero-order valence-corrected chi connectivity index (χ0v) is 13.3. The van der Waals surface area contributed by atoms with Crippen LogP contribution in [-0.2, 0) is 0 Å². The summed E-state index contributed by atoms with van der Waals surface area (Å²) in [5.41, 5.74) is 1.55. The first-order valence-corrected chi connectivity index (χ1v) is 8.20. The normalized spacial score (nSPS) is 16.0. The van der Waals surface area contributed by atoms with E-state index in [1.54, 1.807) is 6.20 Å². The minimum atomic E-state index is 0.0689. The van der Waals surface area contributed by atoms with Gasteiger partial charge in [-0.1, -0.05) is 26.7 Å². The lowest BCUT2D eigenvalue weighted by Gasteiger charge is -2.30. The molecule has 0 atom stereocenters. The first-order valence-electron chi connectivity index (χ1n) is 8.20. The second-order valence-electron chi connectivity index (χ2n) is 6.04. The molecular weight excluding hydrogens is 262 g/mol. The smallest absolute Gasteiger partial charge is 0.272 e. The van der Waals surface area contributed by atoms with E-state index < -0.39 is 0 Å². The van der Waals surface area contributed by atoms with Crippen molar-refractivity contribution in [3.05, 3.63) is 24.0 Å². The minimum Gasteiger partial charge on any atom is -0.384 e. The number of carbonyl (C=O) groups excluding carboxylic acids is 1. The molecule has 1 aliphatic rings. The zero-order valence-electron chi connectivity index (χ0n) is 13.3. The zero-order chi connectivity index (χ0) is 15.1. The maximum Gasteiger partial charge on any atom is 0.272 e. The third-order valence-corrected chi connectivity index (χ3v) is 4.16. The SMILES string of the molecule is CCCCCNc1ccc(C(=O)N2CCC(C)CC2)nc1. The molecule has 1 N–H and O–H groups in total. The Bertz CT molecular complexity index is 436. The van der Waals surface area contributed by atoms with E-state index >= 15 is 0 Å². The highest BCUT2D eigenvalue weighted by Gasteiger charge is 2.21. The molecule has 1 aromatic rings. The Morgan fingerprint density at radius 2 is 2.10 bits per heavy atom. The Kier molecular flexibility index (Phi) is 6.03. The van der Waals surface area contributed by atoms with Gasteiger partial charge in [0.15, 0.2) is 0 Å². The standard InChI is InChI=1S/C17H27N3O/c1-3-4-5-10-18-15-6-7-16(19-13-15)17(21)20-11-8-14(2)9-12-20/h6-7,13-14,18H,3-5,8-12H2,1-2H3. The summed E-state index contributed by atoms with van der Waals surface area (Å²) in [6, 6.07) is 3.79. The van der Waals surface area contributed by atoms with Crippen molar-refractivity contribution in [1.29, 1.82) is 0 Å². The molecule has 1 aromatic heterocycles. The van der Waals surface area contributed by atoms with Gasteiger partial charge in [-0.25, -0.2) is 4.98 Å². The number of anilines is 1. The molecule has 2 heterocycles. The summed E-state index contributed by atoms with van der Waals surface area (Å²) in [7, 11) is 0. The summed E-state index contributed by atoms with van der Waals surface area (Å²) in [5, 5.41) is 3.34. The van der Waals surface area contributed by atoms with Crippen LogP contribution in [0.2, 0.25) is 0 Å². The van der Waals surface area contributed by atoms with Gasteiger partial charge in [0.05, 0.1) is 11.9 Å². The Morgan fingerprint density at radius 1 is 1.33 bits per heavy atom. The van der Waals surface area contributed by atoms with Crippen LogP contribution in [0, 0.1) is 5.92 Å². The van der Waals surface area contributed by atoms with E-state index in [0.717, 1.165) is 44.1 Å². The van der Waals surface area contributed by atoms with Gasteiger partial charge in [-0.15, -0.1) is 0 Å². The molecule has 0 aliphatic carbocycles. The molecule has 0 aromatic carbocycles. The van der Waals surface area contributed by atoms with Crippen LogP contribution in [-0.4, -0.2) is 35.4 Å². The van der Waals surface area contributed by atoms with Gasteiger partial charge in [-0.2, -0.15) is 0 Å². The Labute approximate surface area is 127 Å². The number of pyridine rings is 1. The monoisotopic (exact) mass is 289 g/mol. The van der Waals surface area contributed by atoms with E-state index in [1.165, 1.54) is 19.3 Å². The lowest BCUT2D eigenvalue weighted by atomic mass is 9.99. The molecular formula is C17H27N3O. The lowest BCUT2D eigenvalue weighted by Crippen LogP contribution is -2.38. The summed E-state index contributed by atoms with van der Waals surface area (Å²) < 4.78 is 0. The Hall–Kier alpha value is -1.58. The van der Waals surface area contributed by atoms with Crippen molar-refractivity contribution in [2.75, 3.05) is 25.0 Å². The van der Waals surface area contributed by atoms with E-state index in [9.17, 15) is 4.79 Å². The fourth-order valence-corrected chi connectivity index (χ4v) is 2.61. The quantitative estimate of drug-likeness (QED) is 0.814. The highest BCUT2D eigenvalue weighted by atomic mass is 16.2. The maximum atomic E-state index is 12.4. The van der Waals surface area contributed by atoms with Crippen molar-refractivity contribution < 1.29 is 4.79 Å². The second-order valence-corrected chi connectivity index (χ2v) is 6.04. The molecule has 0 unspecified atom stereocenters. The first-order chi connectivity index (χ1) is 10.2. The molecule has 1 saturated heterocycles. The number of aromatic nitrogens is 1. The largest absolute Gasteiger partial charge is 0.384 e. The van der Waals surface area contributed by atoms with Gasteiger partial charge < -0.3 is 10.2 Å². The van der Waals surface area contributed by atoms with E-state index in [1.807, 2.05) is 17.0 Å². The molecule has 4 nitrogen and oxygen atoms in total. The summed E-state index contributed by atoms with van der Waals surface area (Å²) >= 11 is 0. The maximum absolute atomic E-state index is 12.4. The third kappa shape index (κ3) is 4.73. The molecule has 0 saturated carbocycles. The van der Waals surface area contributed by atoms with Crippen LogP contribution in [0.1, 0.15) is 56.4 Å². The molecule has 116 valence electrons. The highest BCUT2D eigenvalue weighted by Crippen LogP contribution is 2.18. The van der Waals surface area contributed by atoms with Crippen molar-refractivity contribution in [2.45, 2.75) is 46.0 Å². The van der Waals surface area contributed by atoms with Gasteiger partial charge >= 0.3 is 0 Å². The number of piperidine rings is 1. The number of unbranched alkanes of at least 4 members (excludes halogenated alkanes) is 2. The average Bonchev–Trinajstić information content (AvgIpc) is 2.52. The molecule has 21 heavy (non-hydrogen) atoms. The molecule has 2 rings (SSSR count). The number of nitrogens with one attached hydrogen (secondary N) is 1. The first kappa shape index (κ1) is 15.8.